The molecule has 0 aliphatic carbocycles. The summed E-state index contributed by atoms with van der Waals surface area (Å²) in [4.78, 5) is 10.5. The van der Waals surface area contributed by atoms with Crippen molar-refractivity contribution in [3.63, 3.8) is 0 Å². The van der Waals surface area contributed by atoms with Crippen LogP contribution >= 0.6 is 0 Å². The molecule has 1 aliphatic heterocycles. The van der Waals surface area contributed by atoms with Gasteiger partial charge in [-0.3, -0.25) is 4.79 Å². The largest absolute Gasteiger partial charge is 0.481 e. The first-order chi connectivity index (χ1) is 7.75. The van der Waals surface area contributed by atoms with Crippen molar-refractivity contribution in [3.05, 3.63) is 35.4 Å². The van der Waals surface area contributed by atoms with Crippen LogP contribution in [0.5, 0.6) is 0 Å². The van der Waals surface area contributed by atoms with Crippen molar-refractivity contribution >= 4 is 5.97 Å². The number of piperazine rings is 1. The fourth-order valence-corrected chi connectivity index (χ4v) is 1.93. The average molecular weight is 220 g/mol. The van der Waals surface area contributed by atoms with Crippen LogP contribution in [0.25, 0.3) is 0 Å². The summed E-state index contributed by atoms with van der Waals surface area (Å²) in [6.07, 6.45) is 0.0939. The first kappa shape index (κ1) is 11.1. The molecule has 1 aromatic rings. The van der Waals surface area contributed by atoms with E-state index in [4.69, 9.17) is 5.11 Å². The lowest BCUT2D eigenvalue weighted by molar-refractivity contribution is -0.136. The van der Waals surface area contributed by atoms with Crippen LogP contribution < -0.4 is 10.6 Å². The average Bonchev–Trinajstić information content (AvgIpc) is 2.30. The molecular formula is C12H16N2O2. The van der Waals surface area contributed by atoms with Crippen LogP contribution in [-0.4, -0.2) is 30.7 Å². The molecule has 0 bridgehead atoms. The summed E-state index contributed by atoms with van der Waals surface area (Å²) in [7, 11) is 0. The summed E-state index contributed by atoms with van der Waals surface area (Å²) < 4.78 is 0. The fourth-order valence-electron chi connectivity index (χ4n) is 1.93. The molecule has 0 aromatic heterocycles. The number of hydrogen-bond donors (Lipinski definition) is 3. The Balaban J connectivity index is 2.03. The SMILES string of the molecule is O=C(O)Cc1ccc(C2CNCCN2)cc1. The topological polar surface area (TPSA) is 61.4 Å². The normalized spacial score (nSPS) is 20.6. The monoisotopic (exact) mass is 220 g/mol. The van der Waals surface area contributed by atoms with E-state index in [0.29, 0.717) is 6.04 Å². The lowest BCUT2D eigenvalue weighted by Crippen LogP contribution is -2.42. The summed E-state index contributed by atoms with van der Waals surface area (Å²) in [5.74, 6) is -0.787. The Kier molecular flexibility index (Phi) is 3.54. The Hall–Kier alpha value is -1.39. The minimum atomic E-state index is -0.787. The highest BCUT2D eigenvalue weighted by Gasteiger charge is 2.13. The number of carboxylic acid groups (broad SMARTS) is 1. The van der Waals surface area contributed by atoms with Crippen LogP contribution in [0.3, 0.4) is 0 Å². The van der Waals surface area contributed by atoms with Crippen LogP contribution in [0.1, 0.15) is 17.2 Å². The fraction of sp³-hybridized carbons (Fsp3) is 0.417. The highest BCUT2D eigenvalue weighted by Crippen LogP contribution is 2.14. The van der Waals surface area contributed by atoms with E-state index in [0.717, 1.165) is 25.2 Å². The molecule has 1 aromatic carbocycles. The van der Waals surface area contributed by atoms with Crippen molar-refractivity contribution in [2.45, 2.75) is 12.5 Å². The van der Waals surface area contributed by atoms with E-state index in [1.807, 2.05) is 24.3 Å². The molecule has 86 valence electrons. The summed E-state index contributed by atoms with van der Waals surface area (Å²) in [5, 5.41) is 15.4. The molecule has 1 heterocycles. The molecule has 1 unspecified atom stereocenters. The van der Waals surface area contributed by atoms with Gasteiger partial charge in [-0.2, -0.15) is 0 Å². The first-order valence-electron chi connectivity index (χ1n) is 5.50. The van der Waals surface area contributed by atoms with E-state index in [1.165, 1.54) is 5.56 Å². The third kappa shape index (κ3) is 2.81. The van der Waals surface area contributed by atoms with Gasteiger partial charge in [0.15, 0.2) is 0 Å². The zero-order valence-corrected chi connectivity index (χ0v) is 9.07. The highest BCUT2D eigenvalue weighted by atomic mass is 16.4. The van der Waals surface area contributed by atoms with Crippen molar-refractivity contribution in [2.24, 2.45) is 0 Å². The summed E-state index contributed by atoms with van der Waals surface area (Å²) in [6, 6.07) is 8.12. The second-order valence-electron chi connectivity index (χ2n) is 4.02. The molecule has 2 rings (SSSR count). The molecule has 3 N–H and O–H groups in total. The molecule has 1 aliphatic rings. The minimum absolute atomic E-state index is 0.0939. The van der Waals surface area contributed by atoms with Gasteiger partial charge in [0, 0.05) is 25.7 Å². The first-order valence-corrected chi connectivity index (χ1v) is 5.50. The van der Waals surface area contributed by atoms with Gasteiger partial charge in [0.1, 0.15) is 0 Å². The second kappa shape index (κ2) is 5.09. The lowest BCUT2D eigenvalue weighted by Gasteiger charge is -2.24. The van der Waals surface area contributed by atoms with Crippen LogP contribution in [-0.2, 0) is 11.2 Å². The number of carbonyl (C=O) groups is 1. The van der Waals surface area contributed by atoms with Gasteiger partial charge in [-0.1, -0.05) is 24.3 Å². The van der Waals surface area contributed by atoms with E-state index in [-0.39, 0.29) is 6.42 Å². The van der Waals surface area contributed by atoms with Crippen molar-refractivity contribution < 1.29 is 9.90 Å². The van der Waals surface area contributed by atoms with Crippen LogP contribution in [0.2, 0.25) is 0 Å². The maximum absolute atomic E-state index is 10.5. The van der Waals surface area contributed by atoms with Crippen molar-refractivity contribution in [1.82, 2.24) is 10.6 Å². The smallest absolute Gasteiger partial charge is 0.307 e. The van der Waals surface area contributed by atoms with E-state index >= 15 is 0 Å². The van der Waals surface area contributed by atoms with Gasteiger partial charge in [0.25, 0.3) is 0 Å². The quantitative estimate of drug-likeness (QED) is 0.696. The van der Waals surface area contributed by atoms with Gasteiger partial charge < -0.3 is 15.7 Å². The molecule has 0 amide bonds. The van der Waals surface area contributed by atoms with Crippen molar-refractivity contribution in [1.29, 1.82) is 0 Å². The number of carboxylic acids is 1. The van der Waals surface area contributed by atoms with Crippen LogP contribution in [0.15, 0.2) is 24.3 Å². The molecule has 0 radical (unpaired) electrons. The predicted molar refractivity (Wildman–Crippen MR) is 61.4 cm³/mol. The predicted octanol–water partition coefficient (Wildman–Crippen LogP) is 0.548. The Labute approximate surface area is 94.7 Å². The molecule has 1 atom stereocenters. The highest BCUT2D eigenvalue weighted by molar-refractivity contribution is 5.70. The lowest BCUT2D eigenvalue weighted by atomic mass is 10.0. The molecule has 0 saturated carbocycles. The zero-order chi connectivity index (χ0) is 11.4. The van der Waals surface area contributed by atoms with Crippen LogP contribution in [0.4, 0.5) is 0 Å². The van der Waals surface area contributed by atoms with Gasteiger partial charge >= 0.3 is 5.97 Å². The number of aliphatic carboxylic acids is 1. The number of benzene rings is 1. The minimum Gasteiger partial charge on any atom is -0.481 e. The van der Waals surface area contributed by atoms with Crippen molar-refractivity contribution in [2.75, 3.05) is 19.6 Å². The second-order valence-corrected chi connectivity index (χ2v) is 4.02. The standard InChI is InChI=1S/C12H16N2O2/c15-12(16)7-9-1-3-10(4-2-9)11-8-13-5-6-14-11/h1-4,11,13-14H,5-8H2,(H,15,16). The maximum Gasteiger partial charge on any atom is 0.307 e. The molecule has 1 saturated heterocycles. The van der Waals surface area contributed by atoms with E-state index in [9.17, 15) is 4.79 Å². The Morgan fingerprint density at radius 3 is 2.62 bits per heavy atom. The number of hydrogen-bond acceptors (Lipinski definition) is 3. The third-order valence-corrected chi connectivity index (χ3v) is 2.78. The molecule has 1 fully saturated rings. The van der Waals surface area contributed by atoms with Gasteiger partial charge in [0.2, 0.25) is 0 Å². The van der Waals surface area contributed by atoms with Crippen molar-refractivity contribution in [3.8, 4) is 0 Å². The van der Waals surface area contributed by atoms with E-state index < -0.39 is 5.97 Å². The summed E-state index contributed by atoms with van der Waals surface area (Å²) in [6.45, 7) is 2.91. The van der Waals surface area contributed by atoms with Crippen LogP contribution in [0, 0.1) is 0 Å². The van der Waals surface area contributed by atoms with E-state index in [2.05, 4.69) is 10.6 Å². The Morgan fingerprint density at radius 1 is 1.31 bits per heavy atom. The molecule has 0 spiro atoms. The number of rotatable bonds is 3. The van der Waals surface area contributed by atoms with E-state index in [1.54, 1.807) is 0 Å². The summed E-state index contributed by atoms with van der Waals surface area (Å²) in [5.41, 5.74) is 2.06. The summed E-state index contributed by atoms with van der Waals surface area (Å²) >= 11 is 0. The van der Waals surface area contributed by atoms with Gasteiger partial charge in [0.05, 0.1) is 6.42 Å². The van der Waals surface area contributed by atoms with Gasteiger partial charge in [-0.15, -0.1) is 0 Å². The van der Waals surface area contributed by atoms with Gasteiger partial charge in [-0.05, 0) is 11.1 Å². The Morgan fingerprint density at radius 2 is 2.06 bits per heavy atom. The number of nitrogens with one attached hydrogen (secondary N) is 2. The molecule has 4 heteroatoms. The maximum atomic E-state index is 10.5. The molecule has 16 heavy (non-hydrogen) atoms. The third-order valence-electron chi connectivity index (χ3n) is 2.78. The van der Waals surface area contributed by atoms with Gasteiger partial charge in [-0.25, -0.2) is 0 Å². The Bertz CT molecular complexity index is 356. The molecule has 4 nitrogen and oxygen atoms in total. The zero-order valence-electron chi connectivity index (χ0n) is 9.07. The molecular weight excluding hydrogens is 204 g/mol.